The van der Waals surface area contributed by atoms with Crippen LogP contribution in [0.15, 0.2) is 42.5 Å². The molecule has 0 fully saturated rings. The monoisotopic (exact) mass is 388 g/mol. The summed E-state index contributed by atoms with van der Waals surface area (Å²) in [6.45, 7) is 2.26. The van der Waals surface area contributed by atoms with E-state index in [4.69, 9.17) is 0 Å². The molecule has 0 radical (unpaired) electrons. The van der Waals surface area contributed by atoms with Crippen LogP contribution in [0.1, 0.15) is 16.4 Å². The smallest absolute Gasteiger partial charge is 0.369 e. The summed E-state index contributed by atoms with van der Waals surface area (Å²) in [5, 5.41) is 4.69. The molecule has 0 unspecified atom stereocenters. The second kappa shape index (κ2) is 6.77. The van der Waals surface area contributed by atoms with Gasteiger partial charge in [-0.05, 0) is 25.1 Å². The zero-order valence-corrected chi connectivity index (χ0v) is 15.2. The van der Waals surface area contributed by atoms with Crippen LogP contribution in [0.5, 0.6) is 0 Å². The summed E-state index contributed by atoms with van der Waals surface area (Å²) in [6.07, 6.45) is -4.01. The molecule has 0 spiro atoms. The average Bonchev–Trinajstić information content (AvgIpc) is 3.01. The number of alkyl halides is 3. The fourth-order valence-electron chi connectivity index (χ4n) is 2.86. The summed E-state index contributed by atoms with van der Waals surface area (Å²) < 4.78 is 39.2. The van der Waals surface area contributed by atoms with Crippen molar-refractivity contribution in [3.8, 4) is 0 Å². The summed E-state index contributed by atoms with van der Waals surface area (Å²) in [4.78, 5) is 13.2. The number of pyridine rings is 1. The minimum absolute atomic E-state index is 0.206. The van der Waals surface area contributed by atoms with E-state index in [0.29, 0.717) is 23.2 Å². The Hall–Kier alpha value is -2.74. The Kier molecular flexibility index (Phi) is 4.43. The van der Waals surface area contributed by atoms with Crippen LogP contribution >= 0.6 is 11.3 Å². The average molecular weight is 388 g/mol. The van der Waals surface area contributed by atoms with Crippen molar-refractivity contribution in [2.24, 2.45) is 0 Å². The molecule has 0 aliphatic carbocycles. The van der Waals surface area contributed by atoms with Gasteiger partial charge >= 0.3 is 6.18 Å². The van der Waals surface area contributed by atoms with Crippen LogP contribution in [-0.2, 0) is 12.6 Å². The summed E-state index contributed by atoms with van der Waals surface area (Å²) >= 11 is 1.22. The highest BCUT2D eigenvalue weighted by Crippen LogP contribution is 2.33. The molecule has 0 saturated carbocycles. The molecular formula is C19H15F3N4S. The highest BCUT2D eigenvalue weighted by Gasteiger charge is 2.35. The molecule has 4 nitrogen and oxygen atoms in total. The van der Waals surface area contributed by atoms with Crippen molar-refractivity contribution >= 4 is 38.3 Å². The highest BCUT2D eigenvalue weighted by molar-refractivity contribution is 7.18. The molecule has 4 aromatic rings. The molecule has 0 bridgehead atoms. The van der Waals surface area contributed by atoms with Crippen LogP contribution in [0, 0.1) is 6.92 Å². The molecule has 3 aromatic heterocycles. The molecular weight excluding hydrogens is 373 g/mol. The van der Waals surface area contributed by atoms with Crippen LogP contribution in [0.25, 0.3) is 21.1 Å². The fourth-order valence-corrected chi connectivity index (χ4v) is 3.74. The standard InChI is InChI=1S/C19H15F3N4S/c1-11-10-14-16(25-18(19(20,21)22)26-17(14)27-11)23-9-8-13-7-6-12-4-2-3-5-15(12)24-13/h2-7,10H,8-9H2,1H3,(H,23,25,26). The van der Waals surface area contributed by atoms with Crippen LogP contribution in [0.3, 0.4) is 0 Å². The van der Waals surface area contributed by atoms with Gasteiger partial charge in [0.05, 0.1) is 10.9 Å². The first-order valence-electron chi connectivity index (χ1n) is 8.34. The number of thiophene rings is 1. The number of benzene rings is 1. The summed E-state index contributed by atoms with van der Waals surface area (Å²) in [5.41, 5.74) is 1.76. The van der Waals surface area contributed by atoms with E-state index in [-0.39, 0.29) is 5.82 Å². The van der Waals surface area contributed by atoms with Crippen molar-refractivity contribution in [2.75, 3.05) is 11.9 Å². The third-order valence-corrected chi connectivity index (χ3v) is 5.04. The van der Waals surface area contributed by atoms with E-state index >= 15 is 0 Å². The Morgan fingerprint density at radius 3 is 2.67 bits per heavy atom. The van der Waals surface area contributed by atoms with Gasteiger partial charge in [-0.25, -0.2) is 9.97 Å². The number of aromatic nitrogens is 3. The number of anilines is 1. The van der Waals surface area contributed by atoms with E-state index in [0.717, 1.165) is 21.5 Å². The Morgan fingerprint density at radius 1 is 1.04 bits per heavy atom. The zero-order chi connectivity index (χ0) is 19.0. The van der Waals surface area contributed by atoms with Crippen molar-refractivity contribution in [1.29, 1.82) is 0 Å². The van der Waals surface area contributed by atoms with E-state index in [1.165, 1.54) is 11.3 Å². The Bertz CT molecular complexity index is 1120. The number of nitrogens with one attached hydrogen (secondary N) is 1. The van der Waals surface area contributed by atoms with Gasteiger partial charge in [-0.1, -0.05) is 24.3 Å². The maximum Gasteiger partial charge on any atom is 0.451 e. The second-order valence-corrected chi connectivity index (χ2v) is 7.38. The minimum atomic E-state index is -4.58. The fraction of sp³-hybridized carbons (Fsp3) is 0.211. The van der Waals surface area contributed by atoms with Crippen LogP contribution in [-0.4, -0.2) is 21.5 Å². The molecule has 8 heteroatoms. The lowest BCUT2D eigenvalue weighted by atomic mass is 10.2. The number of aryl methyl sites for hydroxylation is 1. The number of rotatable bonds is 4. The van der Waals surface area contributed by atoms with Gasteiger partial charge in [-0.3, -0.25) is 4.98 Å². The molecule has 1 N–H and O–H groups in total. The molecule has 138 valence electrons. The van der Waals surface area contributed by atoms with Crippen LogP contribution in [0.4, 0.5) is 19.0 Å². The first-order chi connectivity index (χ1) is 12.9. The molecule has 0 atom stereocenters. The molecule has 27 heavy (non-hydrogen) atoms. The first-order valence-corrected chi connectivity index (χ1v) is 9.16. The van der Waals surface area contributed by atoms with Gasteiger partial charge in [0.2, 0.25) is 5.82 Å². The van der Waals surface area contributed by atoms with E-state index in [1.54, 1.807) is 6.07 Å². The largest absolute Gasteiger partial charge is 0.451 e. The van der Waals surface area contributed by atoms with E-state index in [2.05, 4.69) is 20.3 Å². The second-order valence-electron chi connectivity index (χ2n) is 6.14. The minimum Gasteiger partial charge on any atom is -0.369 e. The molecule has 0 aliphatic heterocycles. The van der Waals surface area contributed by atoms with Crippen molar-refractivity contribution in [1.82, 2.24) is 15.0 Å². The van der Waals surface area contributed by atoms with Gasteiger partial charge in [0, 0.05) is 28.9 Å². The molecule has 0 amide bonds. The SMILES string of the molecule is Cc1cc2c(NCCc3ccc4ccccc4n3)nc(C(F)(F)F)nc2s1. The third kappa shape index (κ3) is 3.71. The first kappa shape index (κ1) is 17.7. The number of hydrogen-bond acceptors (Lipinski definition) is 5. The van der Waals surface area contributed by atoms with Gasteiger partial charge < -0.3 is 5.32 Å². The molecule has 0 saturated heterocycles. The van der Waals surface area contributed by atoms with E-state index < -0.39 is 12.0 Å². The molecule has 0 aliphatic rings. The van der Waals surface area contributed by atoms with Gasteiger partial charge in [-0.15, -0.1) is 11.3 Å². The van der Waals surface area contributed by atoms with Gasteiger partial charge in [0.25, 0.3) is 0 Å². The maximum atomic E-state index is 13.1. The molecule has 3 heterocycles. The summed E-state index contributed by atoms with van der Waals surface area (Å²) in [6, 6.07) is 13.5. The third-order valence-electron chi connectivity index (χ3n) is 4.10. The van der Waals surface area contributed by atoms with Gasteiger partial charge in [0.1, 0.15) is 10.6 Å². The lowest BCUT2D eigenvalue weighted by molar-refractivity contribution is -0.144. The Balaban J connectivity index is 1.57. The van der Waals surface area contributed by atoms with E-state index in [1.807, 2.05) is 43.3 Å². The Labute approximate surface area is 157 Å². The predicted molar refractivity (Wildman–Crippen MR) is 101 cm³/mol. The van der Waals surface area contributed by atoms with Crippen molar-refractivity contribution in [3.05, 3.63) is 58.9 Å². The van der Waals surface area contributed by atoms with Crippen molar-refractivity contribution < 1.29 is 13.2 Å². The normalized spacial score (nSPS) is 12.0. The maximum absolute atomic E-state index is 13.1. The number of para-hydroxylation sites is 1. The lowest BCUT2D eigenvalue weighted by Gasteiger charge is -2.10. The highest BCUT2D eigenvalue weighted by atomic mass is 32.1. The van der Waals surface area contributed by atoms with Gasteiger partial charge in [-0.2, -0.15) is 13.2 Å². The van der Waals surface area contributed by atoms with E-state index in [9.17, 15) is 13.2 Å². The number of fused-ring (bicyclic) bond motifs is 2. The lowest BCUT2D eigenvalue weighted by Crippen LogP contribution is -2.14. The van der Waals surface area contributed by atoms with Crippen LogP contribution in [0.2, 0.25) is 0 Å². The van der Waals surface area contributed by atoms with Crippen molar-refractivity contribution in [3.63, 3.8) is 0 Å². The summed E-state index contributed by atoms with van der Waals surface area (Å²) in [7, 11) is 0. The summed E-state index contributed by atoms with van der Waals surface area (Å²) in [5.74, 6) is -0.916. The quantitative estimate of drug-likeness (QED) is 0.521. The predicted octanol–water partition coefficient (Wildman–Crippen LogP) is 5.22. The number of hydrogen-bond donors (Lipinski definition) is 1. The van der Waals surface area contributed by atoms with Crippen molar-refractivity contribution in [2.45, 2.75) is 19.5 Å². The molecule has 1 aromatic carbocycles. The Morgan fingerprint density at radius 2 is 1.85 bits per heavy atom. The topological polar surface area (TPSA) is 50.7 Å². The zero-order valence-electron chi connectivity index (χ0n) is 14.3. The van der Waals surface area contributed by atoms with Gasteiger partial charge in [0.15, 0.2) is 0 Å². The number of halogens is 3. The number of nitrogens with zero attached hydrogens (tertiary/aromatic N) is 3. The van der Waals surface area contributed by atoms with Crippen LogP contribution < -0.4 is 5.32 Å². The molecule has 4 rings (SSSR count).